The highest BCUT2D eigenvalue weighted by Gasteiger charge is 2.23. The van der Waals surface area contributed by atoms with Crippen LogP contribution in [-0.2, 0) is 9.59 Å². The van der Waals surface area contributed by atoms with Crippen molar-refractivity contribution in [2.75, 3.05) is 10.6 Å². The number of anilines is 2. The number of carbonyl (C=O) groups is 3. The molecule has 1 atom stereocenters. The van der Waals surface area contributed by atoms with Crippen LogP contribution < -0.4 is 16.0 Å². The molecule has 0 saturated heterocycles. The predicted molar refractivity (Wildman–Crippen MR) is 188 cm³/mol. The van der Waals surface area contributed by atoms with Crippen LogP contribution in [0.3, 0.4) is 0 Å². The van der Waals surface area contributed by atoms with Gasteiger partial charge in [0.1, 0.15) is 10.9 Å². The number of benzene rings is 5. The van der Waals surface area contributed by atoms with E-state index in [1.807, 2.05) is 80.6 Å². The molecule has 0 aromatic heterocycles. The van der Waals surface area contributed by atoms with Crippen LogP contribution in [-0.4, -0.2) is 17.7 Å². The van der Waals surface area contributed by atoms with Gasteiger partial charge in [0.15, 0.2) is 0 Å². The highest BCUT2D eigenvalue weighted by atomic mass is 35.5. The van der Waals surface area contributed by atoms with E-state index in [1.165, 1.54) is 11.8 Å². The summed E-state index contributed by atoms with van der Waals surface area (Å²) in [7, 11) is 0. The van der Waals surface area contributed by atoms with E-state index in [1.54, 1.807) is 66.7 Å². The molecule has 46 heavy (non-hydrogen) atoms. The van der Waals surface area contributed by atoms with Gasteiger partial charge in [0.2, 0.25) is 5.91 Å². The minimum Gasteiger partial charge on any atom is -0.325 e. The van der Waals surface area contributed by atoms with Crippen LogP contribution in [0, 0.1) is 13.8 Å². The summed E-state index contributed by atoms with van der Waals surface area (Å²) in [5, 5.41) is 8.69. The van der Waals surface area contributed by atoms with Gasteiger partial charge in [0.25, 0.3) is 11.8 Å². The first-order valence-corrected chi connectivity index (χ1v) is 15.9. The van der Waals surface area contributed by atoms with Crippen LogP contribution in [0.4, 0.5) is 11.4 Å². The van der Waals surface area contributed by atoms with Crippen LogP contribution in [0.25, 0.3) is 6.08 Å². The smallest absolute Gasteiger partial charge is 0.272 e. The summed E-state index contributed by atoms with van der Waals surface area (Å²) < 4.78 is 0. The molecule has 230 valence electrons. The van der Waals surface area contributed by atoms with Crippen molar-refractivity contribution in [3.05, 3.63) is 166 Å². The molecule has 5 rings (SSSR count). The molecule has 3 amide bonds. The Hall–Kier alpha value is -5.11. The standard InChI is InChI=1S/C38H32ClN3O3S/c1-25-19-20-26(2)33(21-25)41-38(45)35(28-12-5-3-6-13-28)46-32-18-10-17-31(24-32)40-37(44)34(23-27-11-9-16-30(39)22-27)42-36(43)29-14-7-4-8-15-29/h3-24,35H,1-2H3,(H,40,44)(H,41,45)(H,42,43)/b34-23-. The molecule has 5 aromatic carbocycles. The molecule has 6 nitrogen and oxygen atoms in total. The highest BCUT2D eigenvalue weighted by molar-refractivity contribution is 8.00. The Bertz CT molecular complexity index is 1890. The van der Waals surface area contributed by atoms with Crippen molar-refractivity contribution >= 4 is 58.5 Å². The second-order valence-electron chi connectivity index (χ2n) is 10.6. The third-order valence-corrected chi connectivity index (χ3v) is 8.51. The summed E-state index contributed by atoms with van der Waals surface area (Å²) in [5.41, 5.74) is 5.25. The Labute approximate surface area is 277 Å². The number of halogens is 1. The predicted octanol–water partition coefficient (Wildman–Crippen LogP) is 8.84. The van der Waals surface area contributed by atoms with Gasteiger partial charge in [0, 0.05) is 26.9 Å². The van der Waals surface area contributed by atoms with Gasteiger partial charge in [-0.25, -0.2) is 0 Å². The van der Waals surface area contributed by atoms with Crippen LogP contribution in [0.15, 0.2) is 138 Å². The molecule has 0 radical (unpaired) electrons. The van der Waals surface area contributed by atoms with E-state index in [4.69, 9.17) is 11.6 Å². The summed E-state index contributed by atoms with van der Waals surface area (Å²) in [4.78, 5) is 41.1. The van der Waals surface area contributed by atoms with Crippen molar-refractivity contribution in [3.63, 3.8) is 0 Å². The van der Waals surface area contributed by atoms with Gasteiger partial charge in [-0.3, -0.25) is 14.4 Å². The molecule has 0 heterocycles. The number of rotatable bonds is 10. The number of thioether (sulfide) groups is 1. The molecule has 5 aromatic rings. The van der Waals surface area contributed by atoms with E-state index in [0.29, 0.717) is 21.8 Å². The molecule has 0 aliphatic carbocycles. The number of carbonyl (C=O) groups excluding carboxylic acids is 3. The number of nitrogens with one attached hydrogen (secondary N) is 3. The van der Waals surface area contributed by atoms with Crippen molar-refractivity contribution in [2.24, 2.45) is 0 Å². The Kier molecular flexibility index (Phi) is 10.7. The number of hydrogen-bond donors (Lipinski definition) is 3. The Balaban J connectivity index is 1.38. The fraction of sp³-hybridized carbons (Fsp3) is 0.0789. The van der Waals surface area contributed by atoms with Gasteiger partial charge >= 0.3 is 0 Å². The zero-order valence-corrected chi connectivity index (χ0v) is 26.9. The topological polar surface area (TPSA) is 87.3 Å². The molecule has 0 bridgehead atoms. The summed E-state index contributed by atoms with van der Waals surface area (Å²) in [6, 6.07) is 38.4. The average molecular weight is 646 g/mol. The number of amides is 3. The summed E-state index contributed by atoms with van der Waals surface area (Å²) in [6.45, 7) is 3.95. The normalized spacial score (nSPS) is 11.8. The molecule has 1 unspecified atom stereocenters. The molecule has 0 aliphatic rings. The summed E-state index contributed by atoms with van der Waals surface area (Å²) in [6.07, 6.45) is 1.57. The third-order valence-electron chi connectivity index (χ3n) is 7.03. The maximum atomic E-state index is 13.7. The van der Waals surface area contributed by atoms with Crippen LogP contribution >= 0.6 is 23.4 Å². The van der Waals surface area contributed by atoms with E-state index in [2.05, 4.69) is 16.0 Å². The lowest BCUT2D eigenvalue weighted by Crippen LogP contribution is -2.30. The third kappa shape index (κ3) is 8.75. The van der Waals surface area contributed by atoms with E-state index < -0.39 is 17.1 Å². The Morgan fingerprint density at radius 3 is 2.20 bits per heavy atom. The summed E-state index contributed by atoms with van der Waals surface area (Å²) in [5.74, 6) is -1.10. The molecular formula is C38H32ClN3O3S. The van der Waals surface area contributed by atoms with E-state index in [-0.39, 0.29) is 11.6 Å². The first kappa shape index (κ1) is 32.3. The van der Waals surface area contributed by atoms with Gasteiger partial charge in [0.05, 0.1) is 0 Å². The minimum absolute atomic E-state index is 0.0456. The Morgan fingerprint density at radius 1 is 0.739 bits per heavy atom. The first-order chi connectivity index (χ1) is 22.2. The van der Waals surface area contributed by atoms with Crippen molar-refractivity contribution in [3.8, 4) is 0 Å². The van der Waals surface area contributed by atoms with Gasteiger partial charge in [-0.15, -0.1) is 11.8 Å². The number of hydrogen-bond acceptors (Lipinski definition) is 4. The fourth-order valence-electron chi connectivity index (χ4n) is 4.66. The van der Waals surface area contributed by atoms with Crippen LogP contribution in [0.1, 0.15) is 37.9 Å². The maximum Gasteiger partial charge on any atom is 0.272 e. The molecule has 0 spiro atoms. The van der Waals surface area contributed by atoms with Gasteiger partial charge < -0.3 is 16.0 Å². The van der Waals surface area contributed by atoms with Crippen LogP contribution in [0.2, 0.25) is 5.02 Å². The quantitative estimate of drug-likeness (QED) is 0.105. The zero-order chi connectivity index (χ0) is 32.5. The van der Waals surface area contributed by atoms with E-state index >= 15 is 0 Å². The minimum atomic E-state index is -0.560. The second kappa shape index (κ2) is 15.3. The monoisotopic (exact) mass is 645 g/mol. The van der Waals surface area contributed by atoms with E-state index in [9.17, 15) is 14.4 Å². The molecule has 3 N–H and O–H groups in total. The number of aryl methyl sites for hydroxylation is 2. The average Bonchev–Trinajstić information content (AvgIpc) is 3.06. The van der Waals surface area contributed by atoms with Crippen LogP contribution in [0.5, 0.6) is 0 Å². The lowest BCUT2D eigenvalue weighted by atomic mass is 10.1. The first-order valence-electron chi connectivity index (χ1n) is 14.6. The largest absolute Gasteiger partial charge is 0.325 e. The lowest BCUT2D eigenvalue weighted by Gasteiger charge is -2.19. The van der Waals surface area contributed by atoms with Crippen molar-refractivity contribution in [1.82, 2.24) is 5.32 Å². The molecule has 0 fully saturated rings. The second-order valence-corrected chi connectivity index (χ2v) is 12.2. The lowest BCUT2D eigenvalue weighted by molar-refractivity contribution is -0.116. The van der Waals surface area contributed by atoms with Crippen molar-refractivity contribution in [1.29, 1.82) is 0 Å². The Morgan fingerprint density at radius 2 is 1.46 bits per heavy atom. The van der Waals surface area contributed by atoms with Gasteiger partial charge in [-0.05, 0) is 90.7 Å². The molecule has 0 saturated carbocycles. The maximum absolute atomic E-state index is 13.7. The van der Waals surface area contributed by atoms with Gasteiger partial charge in [-0.2, -0.15) is 0 Å². The zero-order valence-electron chi connectivity index (χ0n) is 25.3. The van der Waals surface area contributed by atoms with Gasteiger partial charge in [-0.1, -0.05) is 90.5 Å². The fourth-order valence-corrected chi connectivity index (χ4v) is 5.94. The summed E-state index contributed by atoms with van der Waals surface area (Å²) >= 11 is 7.56. The molecule has 8 heteroatoms. The SMILES string of the molecule is Cc1ccc(C)c(NC(=O)C(Sc2cccc(NC(=O)/C(=C/c3cccc(Cl)c3)NC(=O)c3ccccc3)c2)c2ccccc2)c1. The van der Waals surface area contributed by atoms with E-state index in [0.717, 1.165) is 27.3 Å². The molecule has 0 aliphatic heterocycles. The van der Waals surface area contributed by atoms with Crippen molar-refractivity contribution in [2.45, 2.75) is 24.0 Å². The van der Waals surface area contributed by atoms with Crippen molar-refractivity contribution < 1.29 is 14.4 Å². The highest BCUT2D eigenvalue weighted by Crippen LogP contribution is 2.37. The molecular weight excluding hydrogens is 614 g/mol.